The molecule has 1 aromatic carbocycles. The molecule has 1 aliphatic carbocycles. The molecule has 1 aromatic heterocycles. The van der Waals surface area contributed by atoms with E-state index in [1.54, 1.807) is 23.7 Å². The molecule has 27 heavy (non-hydrogen) atoms. The van der Waals surface area contributed by atoms with E-state index in [4.69, 9.17) is 4.74 Å². The summed E-state index contributed by atoms with van der Waals surface area (Å²) in [6.45, 7) is 6.19. The highest BCUT2D eigenvalue weighted by Gasteiger charge is 2.20. The molecule has 1 N–H and O–H groups in total. The number of nitrogens with one attached hydrogen (secondary N) is 1. The van der Waals surface area contributed by atoms with Crippen LogP contribution in [0.5, 0.6) is 0 Å². The van der Waals surface area contributed by atoms with Crippen LogP contribution in [0, 0.1) is 12.8 Å². The van der Waals surface area contributed by atoms with Gasteiger partial charge in [-0.15, -0.1) is 0 Å². The van der Waals surface area contributed by atoms with E-state index in [1.807, 2.05) is 19.1 Å². The minimum Gasteiger partial charge on any atom is -0.462 e. The van der Waals surface area contributed by atoms with Crippen LogP contribution in [0.15, 0.2) is 30.5 Å². The molecule has 1 amide bonds. The average Bonchev–Trinajstić information content (AvgIpc) is 3.05. The summed E-state index contributed by atoms with van der Waals surface area (Å²) in [7, 11) is 0. The summed E-state index contributed by atoms with van der Waals surface area (Å²) in [5.41, 5.74) is 2.59. The molecule has 144 valence electrons. The first-order valence-corrected chi connectivity index (χ1v) is 9.62. The molecular formula is C21H27N3O3. The SMILES string of the molecule is CCOC(=O)c1cnn(-c2ccc(C(=O)NC3CCC(C)CC3)cc2)c1C. The maximum Gasteiger partial charge on any atom is 0.341 e. The molecule has 6 heteroatoms. The first-order valence-electron chi connectivity index (χ1n) is 9.62. The summed E-state index contributed by atoms with van der Waals surface area (Å²) in [4.78, 5) is 24.4. The van der Waals surface area contributed by atoms with E-state index in [0.29, 0.717) is 23.4 Å². The van der Waals surface area contributed by atoms with Crippen LogP contribution in [0.1, 0.15) is 65.9 Å². The zero-order valence-electron chi connectivity index (χ0n) is 16.2. The van der Waals surface area contributed by atoms with Gasteiger partial charge in [0.05, 0.1) is 24.2 Å². The van der Waals surface area contributed by atoms with Gasteiger partial charge in [0, 0.05) is 11.6 Å². The van der Waals surface area contributed by atoms with Gasteiger partial charge in [0.15, 0.2) is 0 Å². The van der Waals surface area contributed by atoms with E-state index < -0.39 is 0 Å². The zero-order chi connectivity index (χ0) is 19.4. The molecule has 1 saturated carbocycles. The fourth-order valence-electron chi connectivity index (χ4n) is 3.51. The second-order valence-corrected chi connectivity index (χ2v) is 7.25. The number of aromatic nitrogens is 2. The Bertz CT molecular complexity index is 803. The second kappa shape index (κ2) is 8.37. The quantitative estimate of drug-likeness (QED) is 0.816. The van der Waals surface area contributed by atoms with Gasteiger partial charge < -0.3 is 10.1 Å². The van der Waals surface area contributed by atoms with Crippen LogP contribution in [-0.2, 0) is 4.74 Å². The molecule has 0 atom stereocenters. The van der Waals surface area contributed by atoms with E-state index in [0.717, 1.165) is 24.4 Å². The van der Waals surface area contributed by atoms with Crippen molar-refractivity contribution in [3.63, 3.8) is 0 Å². The molecule has 1 fully saturated rings. The summed E-state index contributed by atoms with van der Waals surface area (Å²) in [5.74, 6) is 0.346. The van der Waals surface area contributed by atoms with Crippen molar-refractivity contribution in [3.8, 4) is 5.69 Å². The highest BCUT2D eigenvalue weighted by Crippen LogP contribution is 2.24. The van der Waals surface area contributed by atoms with Gasteiger partial charge in [-0.1, -0.05) is 6.92 Å². The molecule has 0 radical (unpaired) electrons. The summed E-state index contributed by atoms with van der Waals surface area (Å²) in [5, 5.41) is 7.42. The monoisotopic (exact) mass is 369 g/mol. The number of rotatable bonds is 5. The Morgan fingerprint density at radius 2 is 1.85 bits per heavy atom. The van der Waals surface area contributed by atoms with Gasteiger partial charge in [-0.3, -0.25) is 4.79 Å². The molecule has 1 heterocycles. The summed E-state index contributed by atoms with van der Waals surface area (Å²) in [6, 6.07) is 7.54. The molecule has 2 aromatic rings. The van der Waals surface area contributed by atoms with Crippen LogP contribution >= 0.6 is 0 Å². The van der Waals surface area contributed by atoms with Gasteiger partial charge in [0.25, 0.3) is 5.91 Å². The van der Waals surface area contributed by atoms with Crippen LogP contribution in [0.3, 0.4) is 0 Å². The Labute approximate surface area is 159 Å². The molecular weight excluding hydrogens is 342 g/mol. The van der Waals surface area contributed by atoms with Gasteiger partial charge in [0.2, 0.25) is 0 Å². The average molecular weight is 369 g/mol. The van der Waals surface area contributed by atoms with Crippen molar-refractivity contribution in [2.24, 2.45) is 5.92 Å². The van der Waals surface area contributed by atoms with Crippen molar-refractivity contribution in [1.29, 1.82) is 0 Å². The van der Waals surface area contributed by atoms with Gasteiger partial charge in [-0.05, 0) is 69.7 Å². The summed E-state index contributed by atoms with van der Waals surface area (Å²) in [6.07, 6.45) is 5.96. The number of benzene rings is 1. The lowest BCUT2D eigenvalue weighted by molar-refractivity contribution is 0.0525. The first kappa shape index (κ1) is 19.1. The highest BCUT2D eigenvalue weighted by molar-refractivity contribution is 5.94. The fourth-order valence-corrected chi connectivity index (χ4v) is 3.51. The van der Waals surface area contributed by atoms with E-state index in [-0.39, 0.29) is 17.9 Å². The first-order chi connectivity index (χ1) is 13.0. The Kier molecular flexibility index (Phi) is 5.94. The van der Waals surface area contributed by atoms with Gasteiger partial charge in [-0.2, -0.15) is 5.10 Å². The maximum atomic E-state index is 12.5. The topological polar surface area (TPSA) is 73.2 Å². The van der Waals surface area contributed by atoms with Crippen LogP contribution < -0.4 is 5.32 Å². The van der Waals surface area contributed by atoms with Crippen molar-refractivity contribution in [2.75, 3.05) is 6.61 Å². The summed E-state index contributed by atoms with van der Waals surface area (Å²) < 4.78 is 6.72. The Hall–Kier alpha value is -2.63. The van der Waals surface area contributed by atoms with Gasteiger partial charge in [0.1, 0.15) is 5.56 Å². The largest absolute Gasteiger partial charge is 0.462 e. The molecule has 0 unspecified atom stereocenters. The number of hydrogen-bond acceptors (Lipinski definition) is 4. The number of carbonyl (C=O) groups excluding carboxylic acids is 2. The standard InChI is InChI=1S/C21H27N3O3/c1-4-27-21(26)19-13-22-24(15(19)3)18-11-7-16(8-12-18)20(25)23-17-9-5-14(2)6-10-17/h7-8,11-14,17H,4-6,9-10H2,1-3H3,(H,23,25). The number of ether oxygens (including phenoxy) is 1. The maximum absolute atomic E-state index is 12.5. The third-order valence-electron chi connectivity index (χ3n) is 5.23. The van der Waals surface area contributed by atoms with Crippen LogP contribution in [0.4, 0.5) is 0 Å². The zero-order valence-corrected chi connectivity index (χ0v) is 16.2. The summed E-state index contributed by atoms with van der Waals surface area (Å²) >= 11 is 0. The number of amides is 1. The predicted octanol–water partition coefficient (Wildman–Crippen LogP) is 3.67. The third-order valence-corrected chi connectivity index (χ3v) is 5.23. The lowest BCUT2D eigenvalue weighted by atomic mass is 9.87. The van der Waals surface area contributed by atoms with Crippen molar-refractivity contribution in [3.05, 3.63) is 47.3 Å². The molecule has 6 nitrogen and oxygen atoms in total. The lowest BCUT2D eigenvalue weighted by Gasteiger charge is -2.26. The number of nitrogens with zero attached hydrogens (tertiary/aromatic N) is 2. The van der Waals surface area contributed by atoms with E-state index >= 15 is 0 Å². The molecule has 3 rings (SSSR count). The van der Waals surface area contributed by atoms with Crippen LogP contribution in [0.25, 0.3) is 5.69 Å². The lowest BCUT2D eigenvalue weighted by Crippen LogP contribution is -2.37. The smallest absolute Gasteiger partial charge is 0.341 e. The van der Waals surface area contributed by atoms with E-state index in [2.05, 4.69) is 17.3 Å². The van der Waals surface area contributed by atoms with Gasteiger partial charge in [-0.25, -0.2) is 9.48 Å². The predicted molar refractivity (Wildman–Crippen MR) is 103 cm³/mol. The van der Waals surface area contributed by atoms with Crippen molar-refractivity contribution in [2.45, 2.75) is 52.5 Å². The molecule has 0 saturated heterocycles. The Morgan fingerprint density at radius 3 is 2.48 bits per heavy atom. The van der Waals surface area contributed by atoms with E-state index in [9.17, 15) is 9.59 Å². The Balaban J connectivity index is 1.68. The van der Waals surface area contributed by atoms with Crippen molar-refractivity contribution < 1.29 is 14.3 Å². The van der Waals surface area contributed by atoms with Crippen LogP contribution in [0.2, 0.25) is 0 Å². The third kappa shape index (κ3) is 4.38. The fraction of sp³-hybridized carbons (Fsp3) is 0.476. The van der Waals surface area contributed by atoms with Crippen molar-refractivity contribution >= 4 is 11.9 Å². The second-order valence-electron chi connectivity index (χ2n) is 7.25. The number of hydrogen-bond donors (Lipinski definition) is 1. The number of carbonyl (C=O) groups is 2. The highest BCUT2D eigenvalue weighted by atomic mass is 16.5. The van der Waals surface area contributed by atoms with Gasteiger partial charge >= 0.3 is 5.97 Å². The minimum absolute atomic E-state index is 0.0366. The Morgan fingerprint density at radius 1 is 1.19 bits per heavy atom. The molecule has 0 spiro atoms. The molecule has 0 aliphatic heterocycles. The number of esters is 1. The molecule has 1 aliphatic rings. The molecule has 0 bridgehead atoms. The normalized spacial score (nSPS) is 19.5. The minimum atomic E-state index is -0.376. The van der Waals surface area contributed by atoms with Crippen molar-refractivity contribution in [1.82, 2.24) is 15.1 Å². The van der Waals surface area contributed by atoms with Crippen LogP contribution in [-0.4, -0.2) is 34.3 Å². The van der Waals surface area contributed by atoms with E-state index in [1.165, 1.54) is 19.0 Å².